The number of amides is 3. The standard InChI is InChI=1S/C15H19Cl2N3O2/c1-9(10-2-3-10)20-15(22)19-7-6-18-14(21)11-4-5-12(16)13(17)8-11/h4-5,8-10H,2-3,6-7H2,1H3,(H,18,21)(H2,19,20,22). The Hall–Kier alpha value is -1.46. The van der Waals surface area contributed by atoms with Crippen LogP contribution in [0.2, 0.25) is 10.0 Å². The second-order valence-electron chi connectivity index (χ2n) is 5.41. The molecule has 1 atom stereocenters. The first-order valence-corrected chi connectivity index (χ1v) is 8.00. The highest BCUT2D eigenvalue weighted by molar-refractivity contribution is 6.42. The molecule has 22 heavy (non-hydrogen) atoms. The van der Waals surface area contributed by atoms with E-state index in [1.165, 1.54) is 18.9 Å². The van der Waals surface area contributed by atoms with E-state index in [4.69, 9.17) is 23.2 Å². The molecule has 3 N–H and O–H groups in total. The number of rotatable bonds is 6. The van der Waals surface area contributed by atoms with Gasteiger partial charge in [-0.1, -0.05) is 23.2 Å². The number of benzene rings is 1. The zero-order chi connectivity index (χ0) is 16.1. The summed E-state index contributed by atoms with van der Waals surface area (Å²) in [5.41, 5.74) is 0.432. The van der Waals surface area contributed by atoms with E-state index >= 15 is 0 Å². The Kier molecular flexibility index (Phi) is 5.91. The van der Waals surface area contributed by atoms with Crippen LogP contribution in [0.15, 0.2) is 18.2 Å². The van der Waals surface area contributed by atoms with Gasteiger partial charge in [0, 0.05) is 24.7 Å². The molecule has 0 heterocycles. The Bertz CT molecular complexity index is 562. The maximum absolute atomic E-state index is 11.9. The average Bonchev–Trinajstić information content (AvgIpc) is 3.31. The summed E-state index contributed by atoms with van der Waals surface area (Å²) < 4.78 is 0. The lowest BCUT2D eigenvalue weighted by Crippen LogP contribution is -2.44. The molecule has 1 aliphatic rings. The minimum absolute atomic E-state index is 0.200. The number of carbonyl (C=O) groups is 2. The van der Waals surface area contributed by atoms with Gasteiger partial charge in [-0.25, -0.2) is 4.79 Å². The van der Waals surface area contributed by atoms with Gasteiger partial charge in [0.2, 0.25) is 0 Å². The van der Waals surface area contributed by atoms with Crippen LogP contribution >= 0.6 is 23.2 Å². The van der Waals surface area contributed by atoms with Crippen molar-refractivity contribution in [3.8, 4) is 0 Å². The van der Waals surface area contributed by atoms with Crippen LogP contribution in [0, 0.1) is 5.92 Å². The minimum atomic E-state index is -0.257. The lowest BCUT2D eigenvalue weighted by molar-refractivity contribution is 0.0954. The van der Waals surface area contributed by atoms with Crippen LogP contribution in [0.3, 0.4) is 0 Å². The van der Waals surface area contributed by atoms with Crippen molar-refractivity contribution in [2.24, 2.45) is 5.92 Å². The molecular weight excluding hydrogens is 325 g/mol. The first-order chi connectivity index (χ1) is 10.5. The van der Waals surface area contributed by atoms with Gasteiger partial charge in [-0.2, -0.15) is 0 Å². The van der Waals surface area contributed by atoms with Gasteiger partial charge in [-0.05, 0) is 43.9 Å². The Morgan fingerprint density at radius 3 is 2.50 bits per heavy atom. The quantitative estimate of drug-likeness (QED) is 0.695. The van der Waals surface area contributed by atoms with E-state index in [-0.39, 0.29) is 18.0 Å². The third-order valence-corrected chi connectivity index (χ3v) is 4.30. The monoisotopic (exact) mass is 343 g/mol. The SMILES string of the molecule is CC(NC(=O)NCCNC(=O)c1ccc(Cl)c(Cl)c1)C1CC1. The fraction of sp³-hybridized carbons (Fsp3) is 0.467. The molecule has 0 saturated heterocycles. The molecule has 0 aliphatic heterocycles. The van der Waals surface area contributed by atoms with E-state index in [1.54, 1.807) is 12.1 Å². The summed E-state index contributed by atoms with van der Waals surface area (Å²) in [6, 6.07) is 4.68. The van der Waals surface area contributed by atoms with Gasteiger partial charge in [-0.3, -0.25) is 4.79 Å². The second-order valence-corrected chi connectivity index (χ2v) is 6.23. The highest BCUT2D eigenvalue weighted by Crippen LogP contribution is 2.32. The molecule has 0 bridgehead atoms. The molecule has 120 valence electrons. The molecule has 7 heteroatoms. The van der Waals surface area contributed by atoms with Crippen LogP contribution in [0.4, 0.5) is 4.79 Å². The van der Waals surface area contributed by atoms with Gasteiger partial charge < -0.3 is 16.0 Å². The number of nitrogens with one attached hydrogen (secondary N) is 3. The predicted molar refractivity (Wildman–Crippen MR) is 87.5 cm³/mol. The van der Waals surface area contributed by atoms with Crippen molar-refractivity contribution in [2.45, 2.75) is 25.8 Å². The average molecular weight is 344 g/mol. The van der Waals surface area contributed by atoms with Crippen LogP contribution in [0.1, 0.15) is 30.1 Å². The highest BCUT2D eigenvalue weighted by atomic mass is 35.5. The molecule has 2 rings (SSSR count). The van der Waals surface area contributed by atoms with E-state index in [0.717, 1.165) is 0 Å². The van der Waals surface area contributed by atoms with Crippen LogP contribution in [-0.2, 0) is 0 Å². The number of hydrogen-bond donors (Lipinski definition) is 3. The summed E-state index contributed by atoms with van der Waals surface area (Å²) >= 11 is 11.7. The summed E-state index contributed by atoms with van der Waals surface area (Å²) in [7, 11) is 0. The number of carbonyl (C=O) groups excluding carboxylic acids is 2. The highest BCUT2D eigenvalue weighted by Gasteiger charge is 2.28. The van der Waals surface area contributed by atoms with Gasteiger partial charge in [0.1, 0.15) is 0 Å². The molecule has 1 saturated carbocycles. The first kappa shape index (κ1) is 16.9. The smallest absolute Gasteiger partial charge is 0.315 e. The maximum atomic E-state index is 11.9. The van der Waals surface area contributed by atoms with Gasteiger partial charge in [-0.15, -0.1) is 0 Å². The summed E-state index contributed by atoms with van der Waals surface area (Å²) in [6.07, 6.45) is 2.36. The maximum Gasteiger partial charge on any atom is 0.315 e. The Morgan fingerprint density at radius 1 is 1.18 bits per heavy atom. The summed E-state index contributed by atoms with van der Waals surface area (Å²) in [5.74, 6) is 0.354. The van der Waals surface area contributed by atoms with Crippen molar-refractivity contribution in [3.05, 3.63) is 33.8 Å². The van der Waals surface area contributed by atoms with E-state index in [0.29, 0.717) is 34.6 Å². The third kappa shape index (κ3) is 5.07. The fourth-order valence-corrected chi connectivity index (χ4v) is 2.36. The van der Waals surface area contributed by atoms with Crippen molar-refractivity contribution in [3.63, 3.8) is 0 Å². The number of urea groups is 1. The fourth-order valence-electron chi connectivity index (χ4n) is 2.06. The molecule has 0 radical (unpaired) electrons. The number of hydrogen-bond acceptors (Lipinski definition) is 2. The minimum Gasteiger partial charge on any atom is -0.350 e. The number of halogens is 2. The topological polar surface area (TPSA) is 70.2 Å². The molecule has 1 aromatic rings. The van der Waals surface area contributed by atoms with Crippen molar-refractivity contribution < 1.29 is 9.59 Å². The zero-order valence-corrected chi connectivity index (χ0v) is 13.8. The van der Waals surface area contributed by atoms with Crippen molar-refractivity contribution in [2.75, 3.05) is 13.1 Å². The van der Waals surface area contributed by atoms with E-state index < -0.39 is 0 Å². The molecule has 1 fully saturated rings. The Balaban J connectivity index is 1.66. The zero-order valence-electron chi connectivity index (χ0n) is 12.3. The van der Waals surface area contributed by atoms with Gasteiger partial charge >= 0.3 is 6.03 Å². The van der Waals surface area contributed by atoms with Crippen molar-refractivity contribution in [1.82, 2.24) is 16.0 Å². The van der Waals surface area contributed by atoms with Crippen molar-refractivity contribution >= 4 is 35.1 Å². The second kappa shape index (κ2) is 7.70. The Labute approximate surface area is 139 Å². The molecule has 0 aromatic heterocycles. The predicted octanol–water partition coefficient (Wildman–Crippen LogP) is 2.82. The lowest BCUT2D eigenvalue weighted by atomic mass is 10.2. The molecule has 1 aliphatic carbocycles. The van der Waals surface area contributed by atoms with E-state index in [2.05, 4.69) is 16.0 Å². The molecular formula is C15H19Cl2N3O2. The van der Waals surface area contributed by atoms with E-state index in [1.807, 2.05) is 6.92 Å². The molecule has 3 amide bonds. The summed E-state index contributed by atoms with van der Waals surface area (Å²) in [4.78, 5) is 23.5. The summed E-state index contributed by atoms with van der Waals surface area (Å²) in [5, 5.41) is 9.04. The molecule has 1 aromatic carbocycles. The first-order valence-electron chi connectivity index (χ1n) is 7.25. The third-order valence-electron chi connectivity index (χ3n) is 3.57. The van der Waals surface area contributed by atoms with Crippen LogP contribution in [0.5, 0.6) is 0 Å². The van der Waals surface area contributed by atoms with Crippen LogP contribution in [-0.4, -0.2) is 31.1 Å². The molecule has 1 unspecified atom stereocenters. The lowest BCUT2D eigenvalue weighted by Gasteiger charge is -2.13. The summed E-state index contributed by atoms with van der Waals surface area (Å²) in [6.45, 7) is 2.70. The molecule has 0 spiro atoms. The van der Waals surface area contributed by atoms with Crippen molar-refractivity contribution in [1.29, 1.82) is 0 Å². The van der Waals surface area contributed by atoms with Gasteiger partial charge in [0.05, 0.1) is 10.0 Å². The molecule has 5 nitrogen and oxygen atoms in total. The van der Waals surface area contributed by atoms with Crippen LogP contribution in [0.25, 0.3) is 0 Å². The normalized spacial score (nSPS) is 15.0. The van der Waals surface area contributed by atoms with Gasteiger partial charge in [0.15, 0.2) is 0 Å². The largest absolute Gasteiger partial charge is 0.350 e. The van der Waals surface area contributed by atoms with Gasteiger partial charge in [0.25, 0.3) is 5.91 Å². The van der Waals surface area contributed by atoms with E-state index in [9.17, 15) is 9.59 Å². The Morgan fingerprint density at radius 2 is 1.86 bits per heavy atom. The van der Waals surface area contributed by atoms with Crippen LogP contribution < -0.4 is 16.0 Å².